The van der Waals surface area contributed by atoms with Crippen molar-refractivity contribution in [3.05, 3.63) is 29.8 Å². The van der Waals surface area contributed by atoms with Crippen LogP contribution in [0.15, 0.2) is 24.3 Å². The van der Waals surface area contributed by atoms with E-state index in [1.54, 1.807) is 7.11 Å². The zero-order valence-corrected chi connectivity index (χ0v) is 13.9. The molecule has 20 heavy (non-hydrogen) atoms. The van der Waals surface area contributed by atoms with E-state index in [-0.39, 0.29) is 5.54 Å². The van der Waals surface area contributed by atoms with Gasteiger partial charge in [0, 0.05) is 5.54 Å². The van der Waals surface area contributed by atoms with Gasteiger partial charge in [0.05, 0.1) is 13.2 Å². The minimum Gasteiger partial charge on any atom is -0.497 e. The molecule has 1 atom stereocenters. The van der Waals surface area contributed by atoms with Gasteiger partial charge in [-0.2, -0.15) is 0 Å². The molecule has 1 aromatic rings. The Hall–Kier alpha value is -1.06. The van der Waals surface area contributed by atoms with Gasteiger partial charge in [-0.25, -0.2) is 0 Å². The van der Waals surface area contributed by atoms with Gasteiger partial charge >= 0.3 is 0 Å². The molecule has 1 rings (SSSR count). The fraction of sp³-hybridized carbons (Fsp3) is 0.647. The number of likely N-dealkylation sites (N-methyl/N-ethyl adjacent to an activating group) is 2. The van der Waals surface area contributed by atoms with Gasteiger partial charge in [-0.05, 0) is 51.2 Å². The summed E-state index contributed by atoms with van der Waals surface area (Å²) in [6.07, 6.45) is 0. The van der Waals surface area contributed by atoms with Crippen molar-refractivity contribution in [1.82, 2.24) is 10.2 Å². The molecule has 3 heteroatoms. The third-order valence-corrected chi connectivity index (χ3v) is 4.14. The Labute approximate surface area is 124 Å². The van der Waals surface area contributed by atoms with Crippen LogP contribution in [0.3, 0.4) is 0 Å². The van der Waals surface area contributed by atoms with Gasteiger partial charge in [0.15, 0.2) is 0 Å². The van der Waals surface area contributed by atoms with Gasteiger partial charge < -0.3 is 10.1 Å². The van der Waals surface area contributed by atoms with Crippen LogP contribution < -0.4 is 10.1 Å². The number of ether oxygens (including phenoxy) is 1. The highest BCUT2D eigenvalue weighted by Gasteiger charge is 2.34. The maximum absolute atomic E-state index is 5.25. The van der Waals surface area contributed by atoms with Crippen LogP contribution in [-0.2, 0) is 0 Å². The average Bonchev–Trinajstić information content (AvgIpc) is 2.45. The van der Waals surface area contributed by atoms with Crippen LogP contribution in [-0.4, -0.2) is 37.2 Å². The first kappa shape index (κ1) is 17.0. The van der Waals surface area contributed by atoms with Crippen LogP contribution in [0, 0.1) is 0 Å². The van der Waals surface area contributed by atoms with Gasteiger partial charge in [0.25, 0.3) is 0 Å². The van der Waals surface area contributed by atoms with Crippen LogP contribution in [0.4, 0.5) is 0 Å². The molecule has 114 valence electrons. The van der Waals surface area contributed by atoms with Crippen molar-refractivity contribution in [2.45, 2.75) is 46.2 Å². The Bertz CT molecular complexity index is 382. The van der Waals surface area contributed by atoms with Crippen LogP contribution in [0.25, 0.3) is 0 Å². The first-order chi connectivity index (χ1) is 9.51. The van der Waals surface area contributed by atoms with Gasteiger partial charge in [-0.15, -0.1) is 0 Å². The van der Waals surface area contributed by atoms with E-state index in [4.69, 9.17) is 4.74 Å². The van der Waals surface area contributed by atoms with Crippen molar-refractivity contribution in [2.24, 2.45) is 0 Å². The number of benzene rings is 1. The number of hydrogen-bond donors (Lipinski definition) is 1. The Morgan fingerprint density at radius 3 is 2.05 bits per heavy atom. The molecule has 0 bridgehead atoms. The molecule has 3 nitrogen and oxygen atoms in total. The van der Waals surface area contributed by atoms with Gasteiger partial charge in [-0.3, -0.25) is 4.90 Å². The van der Waals surface area contributed by atoms with E-state index in [0.717, 1.165) is 25.4 Å². The Balaban J connectivity index is 3.08. The maximum atomic E-state index is 5.25. The summed E-state index contributed by atoms with van der Waals surface area (Å²) in [5.41, 5.74) is 1.37. The van der Waals surface area contributed by atoms with Crippen LogP contribution in [0.5, 0.6) is 5.75 Å². The highest BCUT2D eigenvalue weighted by molar-refractivity contribution is 5.30. The van der Waals surface area contributed by atoms with Crippen LogP contribution >= 0.6 is 0 Å². The van der Waals surface area contributed by atoms with E-state index in [1.807, 2.05) is 12.1 Å². The summed E-state index contributed by atoms with van der Waals surface area (Å²) in [5, 5.41) is 3.64. The molecule has 0 spiro atoms. The molecule has 0 heterocycles. The standard InChI is InChI=1S/C17H30N2O/c1-7-18-16(17(4,5)19(8-2)9-3)14-10-12-15(20-6)13-11-14/h10-13,16,18H,7-9H2,1-6H3. The number of methoxy groups -OCH3 is 1. The summed E-state index contributed by atoms with van der Waals surface area (Å²) in [5.74, 6) is 0.907. The monoisotopic (exact) mass is 278 g/mol. The molecule has 1 N–H and O–H groups in total. The van der Waals surface area contributed by atoms with Crippen LogP contribution in [0.2, 0.25) is 0 Å². The van der Waals surface area contributed by atoms with Crippen molar-refractivity contribution in [2.75, 3.05) is 26.7 Å². The molecule has 0 aliphatic heterocycles. The SMILES string of the molecule is CCNC(c1ccc(OC)cc1)C(C)(C)N(CC)CC. The summed E-state index contributed by atoms with van der Waals surface area (Å²) >= 11 is 0. The number of nitrogens with one attached hydrogen (secondary N) is 1. The van der Waals surface area contributed by atoms with Crippen molar-refractivity contribution in [3.63, 3.8) is 0 Å². The molecular weight excluding hydrogens is 248 g/mol. The van der Waals surface area contributed by atoms with E-state index >= 15 is 0 Å². The fourth-order valence-electron chi connectivity index (χ4n) is 3.00. The Morgan fingerprint density at radius 2 is 1.65 bits per heavy atom. The highest BCUT2D eigenvalue weighted by Crippen LogP contribution is 2.31. The summed E-state index contributed by atoms with van der Waals surface area (Å²) in [6.45, 7) is 14.3. The Kier molecular flexibility index (Phi) is 6.50. The predicted octanol–water partition coefficient (Wildman–Crippen LogP) is 3.47. The smallest absolute Gasteiger partial charge is 0.118 e. The number of nitrogens with zero attached hydrogens (tertiary/aromatic N) is 1. The fourth-order valence-corrected chi connectivity index (χ4v) is 3.00. The summed E-state index contributed by atoms with van der Waals surface area (Å²) in [4.78, 5) is 2.50. The zero-order chi connectivity index (χ0) is 15.2. The van der Waals surface area contributed by atoms with Crippen molar-refractivity contribution >= 4 is 0 Å². The second kappa shape index (κ2) is 7.65. The lowest BCUT2D eigenvalue weighted by atomic mass is 9.86. The highest BCUT2D eigenvalue weighted by atomic mass is 16.5. The maximum Gasteiger partial charge on any atom is 0.118 e. The molecule has 0 saturated carbocycles. The molecule has 0 aromatic heterocycles. The van der Waals surface area contributed by atoms with Crippen molar-refractivity contribution in [3.8, 4) is 5.75 Å². The normalized spacial score (nSPS) is 13.6. The van der Waals surface area contributed by atoms with E-state index < -0.39 is 0 Å². The molecule has 0 radical (unpaired) electrons. The third-order valence-electron chi connectivity index (χ3n) is 4.14. The molecule has 0 saturated heterocycles. The summed E-state index contributed by atoms with van der Waals surface area (Å²) in [7, 11) is 1.70. The van der Waals surface area contributed by atoms with E-state index in [1.165, 1.54) is 5.56 Å². The first-order valence-electron chi connectivity index (χ1n) is 7.63. The van der Waals surface area contributed by atoms with Gasteiger partial charge in [0.2, 0.25) is 0 Å². The summed E-state index contributed by atoms with van der Waals surface area (Å²) < 4.78 is 5.25. The van der Waals surface area contributed by atoms with Crippen LogP contribution in [0.1, 0.15) is 46.2 Å². The number of hydrogen-bond acceptors (Lipinski definition) is 3. The molecule has 0 amide bonds. The summed E-state index contributed by atoms with van der Waals surface area (Å²) in [6, 6.07) is 8.71. The zero-order valence-electron chi connectivity index (χ0n) is 13.9. The number of rotatable bonds is 8. The quantitative estimate of drug-likeness (QED) is 0.788. The molecule has 0 fully saturated rings. The molecular formula is C17H30N2O. The lowest BCUT2D eigenvalue weighted by molar-refractivity contribution is 0.0918. The van der Waals surface area contributed by atoms with Crippen molar-refractivity contribution < 1.29 is 4.74 Å². The van der Waals surface area contributed by atoms with E-state index in [2.05, 4.69) is 57.0 Å². The van der Waals surface area contributed by atoms with Gasteiger partial charge in [0.1, 0.15) is 5.75 Å². The van der Waals surface area contributed by atoms with E-state index in [0.29, 0.717) is 6.04 Å². The third kappa shape index (κ3) is 3.74. The molecule has 1 aromatic carbocycles. The minimum atomic E-state index is 0.0636. The topological polar surface area (TPSA) is 24.5 Å². The van der Waals surface area contributed by atoms with Crippen molar-refractivity contribution in [1.29, 1.82) is 0 Å². The van der Waals surface area contributed by atoms with E-state index in [9.17, 15) is 0 Å². The minimum absolute atomic E-state index is 0.0636. The predicted molar refractivity (Wildman–Crippen MR) is 86.4 cm³/mol. The second-order valence-corrected chi connectivity index (χ2v) is 5.59. The largest absolute Gasteiger partial charge is 0.497 e. The molecule has 0 aliphatic rings. The first-order valence-corrected chi connectivity index (χ1v) is 7.63. The second-order valence-electron chi connectivity index (χ2n) is 5.59. The lowest BCUT2D eigenvalue weighted by Gasteiger charge is -2.44. The molecule has 1 unspecified atom stereocenters. The Morgan fingerprint density at radius 1 is 1.10 bits per heavy atom. The van der Waals surface area contributed by atoms with Gasteiger partial charge in [-0.1, -0.05) is 32.9 Å². The lowest BCUT2D eigenvalue weighted by Crippen LogP contribution is -2.52. The average molecular weight is 278 g/mol. The molecule has 0 aliphatic carbocycles.